The monoisotopic (exact) mass is 1690 g/mol. The Bertz CT molecular complexity index is 4340. The number of fused-ring (bicyclic) bond motifs is 3. The number of urea groups is 3. The van der Waals surface area contributed by atoms with Gasteiger partial charge in [-0.25, -0.2) is 44.3 Å². The van der Waals surface area contributed by atoms with Gasteiger partial charge in [0.1, 0.15) is 53.7 Å². The van der Waals surface area contributed by atoms with Crippen LogP contribution in [0, 0.1) is 0 Å². The van der Waals surface area contributed by atoms with Gasteiger partial charge in [-0.3, -0.25) is 0 Å². The quantitative estimate of drug-likeness (QED) is 0.0353. The number of aromatic nitrogens is 6. The zero-order chi connectivity index (χ0) is 85.8. The van der Waals surface area contributed by atoms with Gasteiger partial charge in [-0.2, -0.15) is 0 Å². The van der Waals surface area contributed by atoms with E-state index in [9.17, 15) is 14.4 Å². The Balaban J connectivity index is 0.000000159. The number of carbonyl (C=O) groups excluding carboxylic acids is 3. The van der Waals surface area contributed by atoms with Gasteiger partial charge in [0, 0.05) is 150 Å². The summed E-state index contributed by atoms with van der Waals surface area (Å²) in [5.74, 6) is 9.00. The lowest BCUT2D eigenvalue weighted by atomic mass is 10.1. The summed E-state index contributed by atoms with van der Waals surface area (Å²) in [4.78, 5) is 85.8. The fourth-order valence-corrected chi connectivity index (χ4v) is 16.3. The van der Waals surface area contributed by atoms with Gasteiger partial charge < -0.3 is 103 Å². The molecule has 6 aliphatic rings. The standard InChI is InChI=1S/3C31H42N6O4/c3*1-23(2)41-25-10-8-24(9-11-25)34-31(38)37-17-15-36(16-18-37)30-26-20-28(39-3)29(21-27(26)32-22-33-30)40-19-7-14-35-12-5-4-6-13-35/h3*8-11,20-23H,4-7,12-19H2,1-3H3,(H,34,38). The van der Waals surface area contributed by atoms with Crippen molar-refractivity contribution < 1.29 is 57.0 Å². The van der Waals surface area contributed by atoms with Gasteiger partial charge in [0.15, 0.2) is 34.5 Å². The van der Waals surface area contributed by atoms with E-state index in [-0.39, 0.29) is 36.4 Å². The highest BCUT2D eigenvalue weighted by Crippen LogP contribution is 2.40. The lowest BCUT2D eigenvalue weighted by molar-refractivity contribution is 0.203. The molecule has 30 heteroatoms. The van der Waals surface area contributed by atoms with Crippen molar-refractivity contribution in [3.63, 3.8) is 0 Å². The van der Waals surface area contributed by atoms with E-state index in [1.165, 1.54) is 97.1 Å². The molecule has 9 heterocycles. The van der Waals surface area contributed by atoms with Crippen LogP contribution in [0.4, 0.5) is 48.9 Å². The maximum atomic E-state index is 12.9. The third-order valence-electron chi connectivity index (χ3n) is 22.7. The summed E-state index contributed by atoms with van der Waals surface area (Å²) in [7, 11) is 4.98. The number of benzene rings is 6. The average Bonchev–Trinajstić information content (AvgIpc) is 0.790. The van der Waals surface area contributed by atoms with E-state index >= 15 is 0 Å². The number of carbonyl (C=O) groups is 3. The number of anilines is 6. The number of amides is 6. The number of nitrogens with one attached hydrogen (secondary N) is 3. The van der Waals surface area contributed by atoms with Crippen molar-refractivity contribution in [1.82, 2.24) is 59.3 Å². The van der Waals surface area contributed by atoms with Crippen LogP contribution in [-0.4, -0.2) is 274 Å². The number of hydrogen-bond acceptors (Lipinski definition) is 24. The average molecular weight is 1690 g/mol. The SMILES string of the molecule is COc1cc2c(N3CCN(C(=O)Nc4ccc(OC(C)C)cc4)CC3)ncnc2cc1OCCCN1CCCCC1.COc1cc2c(N3CCN(C(=O)Nc4ccc(OC(C)C)cc4)CC3)ncnc2cc1OCCCN1CCCCC1.COc1cc2c(N3CCN(C(=O)Nc4ccc(OC(C)C)cc4)CC3)ncnc2cc1OCCCN1CCCCC1. The molecular formula is C93H126N18O12. The second-order valence-electron chi connectivity index (χ2n) is 32.8. The lowest BCUT2D eigenvalue weighted by Gasteiger charge is -2.35. The molecule has 3 aromatic heterocycles. The molecule has 0 radical (unpaired) electrons. The summed E-state index contributed by atoms with van der Waals surface area (Å²) in [6.07, 6.45) is 19.9. The van der Waals surface area contributed by atoms with E-state index in [1.54, 1.807) is 40.3 Å². The molecule has 0 spiro atoms. The van der Waals surface area contributed by atoms with E-state index in [4.69, 9.17) is 42.6 Å². The molecule has 15 rings (SSSR count). The van der Waals surface area contributed by atoms with Gasteiger partial charge in [0.2, 0.25) is 0 Å². The molecule has 30 nitrogen and oxygen atoms in total. The number of piperazine rings is 3. The Morgan fingerprint density at radius 1 is 0.317 bits per heavy atom. The molecule has 9 aromatic rings. The molecule has 6 aromatic carbocycles. The summed E-state index contributed by atoms with van der Waals surface area (Å²) < 4.78 is 52.6. The number of likely N-dealkylation sites (tertiary alicyclic amines) is 3. The third-order valence-corrected chi connectivity index (χ3v) is 22.7. The smallest absolute Gasteiger partial charge is 0.321 e. The molecule has 0 bridgehead atoms. The number of methoxy groups -OCH3 is 3. The van der Waals surface area contributed by atoms with Gasteiger partial charge in [0.05, 0.1) is 76.0 Å². The third kappa shape index (κ3) is 25.6. The Labute approximate surface area is 724 Å². The van der Waals surface area contributed by atoms with E-state index < -0.39 is 0 Å². The highest BCUT2D eigenvalue weighted by atomic mass is 16.5. The summed E-state index contributed by atoms with van der Waals surface area (Å²) in [5, 5.41) is 11.7. The van der Waals surface area contributed by atoms with Crippen molar-refractivity contribution in [3.8, 4) is 51.7 Å². The van der Waals surface area contributed by atoms with Crippen LogP contribution in [0.25, 0.3) is 32.7 Å². The molecule has 6 fully saturated rings. The number of ether oxygens (including phenoxy) is 9. The molecule has 6 saturated heterocycles. The van der Waals surface area contributed by atoms with Crippen LogP contribution < -0.4 is 73.3 Å². The Morgan fingerprint density at radius 2 is 0.569 bits per heavy atom. The molecule has 3 N–H and O–H groups in total. The fourth-order valence-electron chi connectivity index (χ4n) is 16.3. The predicted molar refractivity (Wildman–Crippen MR) is 485 cm³/mol. The van der Waals surface area contributed by atoms with E-state index in [0.717, 1.165) is 123 Å². The predicted octanol–water partition coefficient (Wildman–Crippen LogP) is 15.1. The molecule has 660 valence electrons. The second kappa shape index (κ2) is 45.1. The summed E-state index contributed by atoms with van der Waals surface area (Å²) >= 11 is 0. The molecular weight excluding hydrogens is 1560 g/mol. The van der Waals surface area contributed by atoms with Gasteiger partial charge in [0.25, 0.3) is 0 Å². The van der Waals surface area contributed by atoms with Gasteiger partial charge >= 0.3 is 18.1 Å². The van der Waals surface area contributed by atoms with Crippen LogP contribution in [0.3, 0.4) is 0 Å². The lowest BCUT2D eigenvalue weighted by Crippen LogP contribution is -2.50. The first-order valence-electron chi connectivity index (χ1n) is 44.3. The first-order valence-corrected chi connectivity index (χ1v) is 44.3. The first-order chi connectivity index (χ1) is 60.0. The highest BCUT2D eigenvalue weighted by molar-refractivity contribution is 5.96. The van der Waals surface area contributed by atoms with Gasteiger partial charge in [-0.1, -0.05) is 19.3 Å². The van der Waals surface area contributed by atoms with Crippen LogP contribution in [0.15, 0.2) is 128 Å². The molecule has 6 aliphatic heterocycles. The molecule has 0 unspecified atom stereocenters. The number of rotatable bonds is 30. The maximum Gasteiger partial charge on any atom is 0.321 e. The van der Waals surface area contributed by atoms with Crippen molar-refractivity contribution in [2.75, 3.05) is 209 Å². The van der Waals surface area contributed by atoms with Crippen LogP contribution in [0.5, 0.6) is 51.7 Å². The van der Waals surface area contributed by atoms with Crippen molar-refractivity contribution in [2.45, 2.75) is 137 Å². The second-order valence-corrected chi connectivity index (χ2v) is 32.8. The summed E-state index contributed by atoms with van der Waals surface area (Å²) in [6, 6.07) is 33.8. The van der Waals surface area contributed by atoms with Gasteiger partial charge in [-0.05, 0) is 230 Å². The summed E-state index contributed by atoms with van der Waals surface area (Å²) in [6.45, 7) is 31.7. The Morgan fingerprint density at radius 3 is 0.805 bits per heavy atom. The molecule has 0 saturated carbocycles. The zero-order valence-electron chi connectivity index (χ0n) is 73.4. The topological polar surface area (TPSA) is 277 Å². The number of hydrogen-bond donors (Lipinski definition) is 3. The zero-order valence-corrected chi connectivity index (χ0v) is 73.4. The Kier molecular flexibility index (Phi) is 32.8. The minimum absolute atomic E-state index is 0.106. The molecule has 123 heavy (non-hydrogen) atoms. The van der Waals surface area contributed by atoms with Gasteiger partial charge in [-0.15, -0.1) is 0 Å². The molecule has 0 aliphatic carbocycles. The normalized spacial score (nSPS) is 16.2. The number of piperidine rings is 3. The number of nitrogens with zero attached hydrogens (tertiary/aromatic N) is 15. The van der Waals surface area contributed by atoms with Crippen molar-refractivity contribution in [2.24, 2.45) is 0 Å². The van der Waals surface area contributed by atoms with Crippen LogP contribution in [-0.2, 0) is 0 Å². The molecule has 6 amide bonds. The first kappa shape index (κ1) is 89.4. The van der Waals surface area contributed by atoms with Crippen molar-refractivity contribution in [3.05, 3.63) is 128 Å². The van der Waals surface area contributed by atoms with E-state index in [0.29, 0.717) is 133 Å². The highest BCUT2D eigenvalue weighted by Gasteiger charge is 2.29. The molecule has 0 atom stereocenters. The Hall–Kier alpha value is -11.4. The fraction of sp³-hybridized carbons (Fsp3) is 0.516. The van der Waals surface area contributed by atoms with Crippen molar-refractivity contribution >= 4 is 85.3 Å². The van der Waals surface area contributed by atoms with Crippen LogP contribution in [0.2, 0.25) is 0 Å². The van der Waals surface area contributed by atoms with Crippen LogP contribution in [0.1, 0.15) is 119 Å². The largest absolute Gasteiger partial charge is 0.493 e. The maximum absolute atomic E-state index is 12.9. The minimum Gasteiger partial charge on any atom is -0.493 e. The van der Waals surface area contributed by atoms with E-state index in [1.807, 2.05) is 165 Å². The summed E-state index contributed by atoms with van der Waals surface area (Å²) in [5.41, 5.74) is 4.66. The van der Waals surface area contributed by atoms with Crippen molar-refractivity contribution in [1.29, 1.82) is 0 Å². The minimum atomic E-state index is -0.113. The van der Waals surface area contributed by atoms with E-state index in [2.05, 4.69) is 75.3 Å². The van der Waals surface area contributed by atoms with Crippen LogP contribution >= 0.6 is 0 Å².